The minimum Gasteiger partial charge on any atom is -0.391 e. The average Bonchev–Trinajstić information content (AvgIpc) is 2.30. The lowest BCUT2D eigenvalue weighted by Gasteiger charge is -2.39. The van der Waals surface area contributed by atoms with E-state index < -0.39 is 0 Å². The second kappa shape index (κ2) is 5.30. The smallest absolute Gasteiger partial charge is 0.0737 e. The van der Waals surface area contributed by atoms with Gasteiger partial charge in [-0.2, -0.15) is 0 Å². The quantitative estimate of drug-likeness (QED) is 0.902. The zero-order chi connectivity index (χ0) is 11.5. The van der Waals surface area contributed by atoms with E-state index in [1.807, 2.05) is 18.2 Å². The maximum Gasteiger partial charge on any atom is 0.0737 e. The van der Waals surface area contributed by atoms with Crippen LogP contribution in [0.15, 0.2) is 28.7 Å². The Hall–Kier alpha value is -0.380. The average molecular weight is 284 g/mol. The standard InChI is InChI=1S/C13H18BrNO/c1-2-15-9-5-8-12(16)13(15)10-6-3-4-7-11(10)14/h3-4,6-7,12-13,16H,2,5,8-9H2,1H3. The van der Waals surface area contributed by atoms with Gasteiger partial charge in [0.05, 0.1) is 12.1 Å². The molecule has 0 spiro atoms. The first kappa shape index (κ1) is 12.1. The molecule has 1 heterocycles. The number of rotatable bonds is 2. The largest absolute Gasteiger partial charge is 0.391 e. The zero-order valence-corrected chi connectivity index (χ0v) is 11.2. The molecule has 1 aromatic carbocycles. The summed E-state index contributed by atoms with van der Waals surface area (Å²) in [5, 5.41) is 10.2. The molecule has 1 aliphatic rings. The van der Waals surface area contributed by atoms with Crippen LogP contribution in [0.25, 0.3) is 0 Å². The van der Waals surface area contributed by atoms with E-state index in [1.54, 1.807) is 0 Å². The van der Waals surface area contributed by atoms with E-state index >= 15 is 0 Å². The third-order valence-electron chi connectivity index (χ3n) is 3.33. The number of likely N-dealkylation sites (N-methyl/N-ethyl adjacent to an activating group) is 1. The minimum absolute atomic E-state index is 0.148. The number of piperidine rings is 1. The van der Waals surface area contributed by atoms with Gasteiger partial charge in [-0.1, -0.05) is 41.1 Å². The molecule has 0 aromatic heterocycles. The van der Waals surface area contributed by atoms with Crippen LogP contribution < -0.4 is 0 Å². The summed E-state index contributed by atoms with van der Waals surface area (Å²) in [5.41, 5.74) is 1.21. The molecular weight excluding hydrogens is 266 g/mol. The van der Waals surface area contributed by atoms with Gasteiger partial charge in [0.2, 0.25) is 0 Å². The molecule has 1 fully saturated rings. The van der Waals surface area contributed by atoms with E-state index in [2.05, 4.69) is 33.8 Å². The highest BCUT2D eigenvalue weighted by molar-refractivity contribution is 9.10. The summed E-state index contributed by atoms with van der Waals surface area (Å²) in [6.45, 7) is 4.23. The van der Waals surface area contributed by atoms with Gasteiger partial charge in [-0.25, -0.2) is 0 Å². The highest BCUT2D eigenvalue weighted by Crippen LogP contribution is 2.34. The lowest BCUT2D eigenvalue weighted by Crippen LogP contribution is -2.41. The van der Waals surface area contributed by atoms with Gasteiger partial charge in [0.15, 0.2) is 0 Å². The molecule has 0 bridgehead atoms. The Morgan fingerprint density at radius 3 is 2.88 bits per heavy atom. The molecule has 1 aromatic rings. The molecule has 3 heteroatoms. The molecule has 0 radical (unpaired) electrons. The monoisotopic (exact) mass is 283 g/mol. The van der Waals surface area contributed by atoms with Crippen molar-refractivity contribution in [3.63, 3.8) is 0 Å². The van der Waals surface area contributed by atoms with Gasteiger partial charge in [0.25, 0.3) is 0 Å². The lowest BCUT2D eigenvalue weighted by atomic mass is 9.92. The normalized spacial score (nSPS) is 26.9. The lowest BCUT2D eigenvalue weighted by molar-refractivity contribution is 0.0122. The fraction of sp³-hybridized carbons (Fsp3) is 0.538. The van der Waals surface area contributed by atoms with Crippen LogP contribution in [0.1, 0.15) is 31.4 Å². The van der Waals surface area contributed by atoms with Crippen LogP contribution in [0.3, 0.4) is 0 Å². The third-order valence-corrected chi connectivity index (χ3v) is 4.06. The summed E-state index contributed by atoms with van der Waals surface area (Å²) in [4.78, 5) is 2.36. The summed E-state index contributed by atoms with van der Waals surface area (Å²) < 4.78 is 1.10. The molecule has 1 aliphatic heterocycles. The van der Waals surface area contributed by atoms with Gasteiger partial charge >= 0.3 is 0 Å². The maximum absolute atomic E-state index is 10.2. The van der Waals surface area contributed by atoms with Crippen molar-refractivity contribution in [1.82, 2.24) is 4.90 Å². The number of aliphatic hydroxyl groups excluding tert-OH is 1. The van der Waals surface area contributed by atoms with Crippen LogP contribution in [-0.4, -0.2) is 29.2 Å². The van der Waals surface area contributed by atoms with Crippen molar-refractivity contribution in [2.75, 3.05) is 13.1 Å². The van der Waals surface area contributed by atoms with Crippen molar-refractivity contribution in [3.8, 4) is 0 Å². The summed E-state index contributed by atoms with van der Waals surface area (Å²) >= 11 is 3.58. The molecule has 0 amide bonds. The SMILES string of the molecule is CCN1CCCC(O)C1c1ccccc1Br. The molecule has 0 aliphatic carbocycles. The van der Waals surface area contributed by atoms with Gasteiger partial charge in [0, 0.05) is 4.47 Å². The van der Waals surface area contributed by atoms with Gasteiger partial charge in [-0.05, 0) is 37.6 Å². The van der Waals surface area contributed by atoms with Crippen LogP contribution >= 0.6 is 15.9 Å². The van der Waals surface area contributed by atoms with Gasteiger partial charge in [-0.3, -0.25) is 4.90 Å². The number of benzene rings is 1. The van der Waals surface area contributed by atoms with Gasteiger partial charge in [-0.15, -0.1) is 0 Å². The van der Waals surface area contributed by atoms with Crippen LogP contribution in [0.4, 0.5) is 0 Å². The Kier molecular flexibility index (Phi) is 4.00. The Balaban J connectivity index is 2.32. The van der Waals surface area contributed by atoms with E-state index in [-0.39, 0.29) is 12.1 Å². The highest BCUT2D eigenvalue weighted by Gasteiger charge is 2.31. The summed E-state index contributed by atoms with van der Waals surface area (Å²) in [6.07, 6.45) is 1.76. The molecular formula is C13H18BrNO. The molecule has 88 valence electrons. The topological polar surface area (TPSA) is 23.5 Å². The Bertz CT molecular complexity index is 356. The molecule has 0 saturated carbocycles. The van der Waals surface area contributed by atoms with Crippen molar-refractivity contribution >= 4 is 15.9 Å². The summed E-state index contributed by atoms with van der Waals surface area (Å²) in [7, 11) is 0. The Labute approximate surface area is 105 Å². The number of nitrogens with zero attached hydrogens (tertiary/aromatic N) is 1. The second-order valence-electron chi connectivity index (χ2n) is 4.30. The van der Waals surface area contributed by atoms with E-state index in [1.165, 1.54) is 5.56 Å². The third kappa shape index (κ3) is 2.31. The van der Waals surface area contributed by atoms with Crippen LogP contribution in [0.2, 0.25) is 0 Å². The molecule has 2 nitrogen and oxygen atoms in total. The van der Waals surface area contributed by atoms with Gasteiger partial charge in [0.1, 0.15) is 0 Å². The molecule has 2 atom stereocenters. The maximum atomic E-state index is 10.2. The minimum atomic E-state index is -0.243. The van der Waals surface area contributed by atoms with E-state index in [0.717, 1.165) is 30.4 Å². The van der Waals surface area contributed by atoms with Crippen LogP contribution in [0.5, 0.6) is 0 Å². The van der Waals surface area contributed by atoms with E-state index in [0.29, 0.717) is 0 Å². The van der Waals surface area contributed by atoms with Crippen molar-refractivity contribution in [2.45, 2.75) is 31.9 Å². The van der Waals surface area contributed by atoms with Gasteiger partial charge < -0.3 is 5.11 Å². The Morgan fingerprint density at radius 1 is 1.44 bits per heavy atom. The van der Waals surface area contributed by atoms with Crippen LogP contribution in [0, 0.1) is 0 Å². The number of hydrogen-bond acceptors (Lipinski definition) is 2. The molecule has 2 rings (SSSR count). The first-order valence-corrected chi connectivity index (χ1v) is 6.70. The number of halogens is 1. The predicted octanol–water partition coefficient (Wildman–Crippen LogP) is 2.97. The van der Waals surface area contributed by atoms with E-state index in [4.69, 9.17) is 0 Å². The number of aliphatic hydroxyl groups is 1. The zero-order valence-electron chi connectivity index (χ0n) is 9.56. The van der Waals surface area contributed by atoms with E-state index in [9.17, 15) is 5.11 Å². The molecule has 2 unspecified atom stereocenters. The summed E-state index contributed by atoms with van der Waals surface area (Å²) in [5.74, 6) is 0. The summed E-state index contributed by atoms with van der Waals surface area (Å²) in [6, 6.07) is 8.35. The number of hydrogen-bond donors (Lipinski definition) is 1. The Morgan fingerprint density at radius 2 is 2.19 bits per heavy atom. The molecule has 16 heavy (non-hydrogen) atoms. The second-order valence-corrected chi connectivity index (χ2v) is 5.16. The first-order valence-electron chi connectivity index (χ1n) is 5.90. The van der Waals surface area contributed by atoms with Crippen molar-refractivity contribution in [3.05, 3.63) is 34.3 Å². The van der Waals surface area contributed by atoms with Crippen molar-refractivity contribution < 1.29 is 5.11 Å². The highest BCUT2D eigenvalue weighted by atomic mass is 79.9. The van der Waals surface area contributed by atoms with Crippen molar-refractivity contribution in [1.29, 1.82) is 0 Å². The fourth-order valence-electron chi connectivity index (χ4n) is 2.52. The fourth-order valence-corrected chi connectivity index (χ4v) is 3.04. The first-order chi connectivity index (χ1) is 7.74. The number of likely N-dealkylation sites (tertiary alicyclic amines) is 1. The predicted molar refractivity (Wildman–Crippen MR) is 69.4 cm³/mol. The molecule has 1 saturated heterocycles. The van der Waals surface area contributed by atoms with Crippen molar-refractivity contribution in [2.24, 2.45) is 0 Å². The molecule has 1 N–H and O–H groups in total. The van der Waals surface area contributed by atoms with Crippen LogP contribution in [-0.2, 0) is 0 Å².